The van der Waals surface area contributed by atoms with Crippen LogP contribution in [-0.4, -0.2) is 80.4 Å². The van der Waals surface area contributed by atoms with Gasteiger partial charge in [-0.25, -0.2) is 0 Å². The lowest BCUT2D eigenvalue weighted by Crippen LogP contribution is -2.61. The number of fused-ring (bicyclic) bond motifs is 1. The van der Waals surface area contributed by atoms with Crippen molar-refractivity contribution in [3.63, 3.8) is 0 Å². The van der Waals surface area contributed by atoms with Crippen LogP contribution in [0.3, 0.4) is 0 Å². The third-order valence-corrected chi connectivity index (χ3v) is 11.6. The molecule has 41 heavy (non-hydrogen) atoms. The van der Waals surface area contributed by atoms with E-state index in [2.05, 4.69) is 33.9 Å². The summed E-state index contributed by atoms with van der Waals surface area (Å²) in [5, 5.41) is 10.5. The SMILES string of the molecule is C=CCN(C(=O)[C@@H]1[C@H]2C(=O)N([C@@H](CO)C(C)C)C(C(=O)N(CC=C)C(C)CCC)C23S[C@@H]1CC3C)c1ccccc1. The summed E-state index contributed by atoms with van der Waals surface area (Å²) < 4.78 is -0.747. The van der Waals surface area contributed by atoms with E-state index in [0.717, 1.165) is 24.9 Å². The highest BCUT2D eigenvalue weighted by molar-refractivity contribution is 8.02. The molecule has 3 amide bonds. The number of anilines is 1. The molecule has 1 spiro atoms. The molecular formula is C33H47N3O4S. The summed E-state index contributed by atoms with van der Waals surface area (Å²) in [7, 11) is 0. The Morgan fingerprint density at radius 3 is 2.37 bits per heavy atom. The molecule has 0 saturated carbocycles. The van der Waals surface area contributed by atoms with Crippen LogP contribution in [0.4, 0.5) is 5.69 Å². The van der Waals surface area contributed by atoms with Gasteiger partial charge in [-0.1, -0.05) is 64.5 Å². The van der Waals surface area contributed by atoms with E-state index in [1.54, 1.807) is 33.7 Å². The highest BCUT2D eigenvalue weighted by Crippen LogP contribution is 2.69. The molecule has 0 radical (unpaired) electrons. The van der Waals surface area contributed by atoms with E-state index in [1.165, 1.54) is 0 Å². The number of hydrogen-bond donors (Lipinski definition) is 1. The lowest BCUT2D eigenvalue weighted by molar-refractivity contribution is -0.147. The van der Waals surface area contributed by atoms with E-state index in [9.17, 15) is 19.5 Å². The fourth-order valence-corrected chi connectivity index (χ4v) is 9.99. The third kappa shape index (κ3) is 5.16. The minimum Gasteiger partial charge on any atom is -0.394 e. The van der Waals surface area contributed by atoms with Crippen molar-refractivity contribution in [2.24, 2.45) is 23.7 Å². The Morgan fingerprint density at radius 2 is 1.80 bits per heavy atom. The number of carbonyl (C=O) groups is 3. The third-order valence-electron chi connectivity index (χ3n) is 9.51. The number of aliphatic hydroxyl groups excluding tert-OH is 1. The van der Waals surface area contributed by atoms with Gasteiger partial charge in [0.05, 0.1) is 29.2 Å². The number of carbonyl (C=O) groups excluding carboxylic acids is 3. The van der Waals surface area contributed by atoms with Crippen LogP contribution >= 0.6 is 11.8 Å². The second-order valence-electron chi connectivity index (χ2n) is 12.3. The summed E-state index contributed by atoms with van der Waals surface area (Å²) in [5.74, 6) is -1.58. The number of aliphatic hydroxyl groups is 1. The van der Waals surface area contributed by atoms with Crippen molar-refractivity contribution in [3.05, 3.63) is 55.6 Å². The van der Waals surface area contributed by atoms with E-state index in [4.69, 9.17) is 0 Å². The molecule has 3 aliphatic heterocycles. The number of para-hydroxylation sites is 1. The van der Waals surface area contributed by atoms with Gasteiger partial charge in [-0.2, -0.15) is 0 Å². The molecule has 1 aromatic rings. The van der Waals surface area contributed by atoms with Gasteiger partial charge in [-0.15, -0.1) is 24.9 Å². The maximum atomic E-state index is 14.7. The lowest BCUT2D eigenvalue weighted by Gasteiger charge is -2.44. The van der Waals surface area contributed by atoms with E-state index < -0.39 is 28.7 Å². The molecule has 3 fully saturated rings. The molecule has 1 aromatic carbocycles. The van der Waals surface area contributed by atoms with Crippen molar-refractivity contribution in [1.82, 2.24) is 9.80 Å². The first-order valence-corrected chi connectivity index (χ1v) is 16.0. The monoisotopic (exact) mass is 581 g/mol. The molecule has 4 rings (SSSR count). The average molecular weight is 582 g/mol. The van der Waals surface area contributed by atoms with Crippen molar-refractivity contribution >= 4 is 35.2 Å². The highest BCUT2D eigenvalue weighted by atomic mass is 32.2. The van der Waals surface area contributed by atoms with Crippen LogP contribution in [0.15, 0.2) is 55.6 Å². The van der Waals surface area contributed by atoms with Gasteiger partial charge in [0, 0.05) is 30.1 Å². The lowest BCUT2D eigenvalue weighted by atomic mass is 9.65. The number of likely N-dealkylation sites (tertiary alicyclic amines) is 1. The maximum absolute atomic E-state index is 14.7. The molecule has 4 unspecified atom stereocenters. The first-order valence-electron chi connectivity index (χ1n) is 15.1. The van der Waals surface area contributed by atoms with Crippen molar-refractivity contribution in [3.8, 4) is 0 Å². The Hall–Kier alpha value is -2.58. The predicted molar refractivity (Wildman–Crippen MR) is 166 cm³/mol. The Kier molecular flexibility index (Phi) is 9.74. The molecule has 7 nitrogen and oxygen atoms in total. The van der Waals surface area contributed by atoms with Gasteiger partial charge in [0.25, 0.3) is 0 Å². The molecule has 3 aliphatic rings. The van der Waals surface area contributed by atoms with Crippen LogP contribution in [-0.2, 0) is 14.4 Å². The zero-order valence-electron chi connectivity index (χ0n) is 25.2. The topological polar surface area (TPSA) is 81.2 Å². The van der Waals surface area contributed by atoms with Gasteiger partial charge < -0.3 is 19.8 Å². The number of nitrogens with zero attached hydrogens (tertiary/aromatic N) is 3. The van der Waals surface area contributed by atoms with Crippen LogP contribution in [0.2, 0.25) is 0 Å². The standard InChI is InChI=1S/C33H47N3O4S/c1-8-14-23(7)34(17-9-2)32(40)29-33-22(6)19-26(41-33)27(28(33)31(39)36(29)25(20-37)21(4)5)30(38)35(18-10-3)24-15-12-11-13-16-24/h9-13,15-16,21-23,25-29,37H,2-3,8,14,17-20H2,1,4-7H3/t22?,23?,25-,26+,27-,28-,29?,33?/m0/s1. The van der Waals surface area contributed by atoms with Gasteiger partial charge in [0.15, 0.2) is 0 Å². The van der Waals surface area contributed by atoms with Crippen LogP contribution in [0.25, 0.3) is 0 Å². The number of thioether (sulfide) groups is 1. The number of rotatable bonds is 13. The van der Waals surface area contributed by atoms with E-state index in [0.29, 0.717) is 13.1 Å². The van der Waals surface area contributed by atoms with E-state index in [1.807, 2.05) is 49.1 Å². The van der Waals surface area contributed by atoms with Crippen LogP contribution in [0, 0.1) is 23.7 Å². The van der Waals surface area contributed by atoms with Crippen LogP contribution < -0.4 is 4.90 Å². The largest absolute Gasteiger partial charge is 0.394 e. The Morgan fingerprint density at radius 1 is 1.15 bits per heavy atom. The summed E-state index contributed by atoms with van der Waals surface area (Å²) in [6.45, 7) is 18.5. The first-order chi connectivity index (χ1) is 19.6. The summed E-state index contributed by atoms with van der Waals surface area (Å²) in [6, 6.07) is 8.20. The Balaban J connectivity index is 1.85. The van der Waals surface area contributed by atoms with Gasteiger partial charge >= 0.3 is 0 Å². The van der Waals surface area contributed by atoms with E-state index in [-0.39, 0.29) is 47.5 Å². The second-order valence-corrected chi connectivity index (χ2v) is 13.8. The molecule has 3 heterocycles. The minimum atomic E-state index is -0.758. The average Bonchev–Trinajstić information content (AvgIpc) is 3.54. The first kappa shape index (κ1) is 31.4. The number of hydrogen-bond acceptors (Lipinski definition) is 5. The van der Waals surface area contributed by atoms with Gasteiger partial charge in [0.2, 0.25) is 17.7 Å². The number of amides is 3. The summed E-state index contributed by atoms with van der Waals surface area (Å²) in [4.78, 5) is 49.1. The van der Waals surface area contributed by atoms with Crippen LogP contribution in [0.1, 0.15) is 53.9 Å². The zero-order valence-corrected chi connectivity index (χ0v) is 26.1. The smallest absolute Gasteiger partial charge is 0.247 e. The zero-order chi connectivity index (χ0) is 30.1. The molecular weight excluding hydrogens is 534 g/mol. The highest BCUT2D eigenvalue weighted by Gasteiger charge is 2.77. The van der Waals surface area contributed by atoms with Gasteiger partial charge in [-0.05, 0) is 43.7 Å². The maximum Gasteiger partial charge on any atom is 0.247 e. The molecule has 0 aromatic heterocycles. The van der Waals surface area contributed by atoms with Crippen molar-refractivity contribution in [2.45, 2.75) is 82.0 Å². The van der Waals surface area contributed by atoms with Crippen molar-refractivity contribution < 1.29 is 19.5 Å². The fourth-order valence-electron chi connectivity index (χ4n) is 7.59. The van der Waals surface area contributed by atoms with E-state index >= 15 is 0 Å². The summed E-state index contributed by atoms with van der Waals surface area (Å²) in [6.07, 6.45) is 5.98. The molecule has 224 valence electrons. The molecule has 8 heteroatoms. The Bertz CT molecular complexity index is 1140. The van der Waals surface area contributed by atoms with Crippen LogP contribution in [0.5, 0.6) is 0 Å². The summed E-state index contributed by atoms with van der Waals surface area (Å²) in [5.41, 5.74) is 0.767. The quantitative estimate of drug-likeness (QED) is 0.340. The molecule has 1 N–H and O–H groups in total. The molecule has 3 saturated heterocycles. The van der Waals surface area contributed by atoms with Gasteiger partial charge in [0.1, 0.15) is 6.04 Å². The number of benzene rings is 1. The molecule has 0 aliphatic carbocycles. The fraction of sp³-hybridized carbons (Fsp3) is 0.606. The van der Waals surface area contributed by atoms with Crippen molar-refractivity contribution in [2.75, 3.05) is 24.6 Å². The second kappa shape index (κ2) is 12.7. The van der Waals surface area contributed by atoms with Gasteiger partial charge in [-0.3, -0.25) is 14.4 Å². The summed E-state index contributed by atoms with van der Waals surface area (Å²) >= 11 is 1.68. The predicted octanol–water partition coefficient (Wildman–Crippen LogP) is 4.76. The Labute approximate surface area is 250 Å². The normalized spacial score (nSPS) is 29.8. The van der Waals surface area contributed by atoms with Crippen molar-refractivity contribution in [1.29, 1.82) is 0 Å². The molecule has 8 atom stereocenters. The molecule has 2 bridgehead atoms. The minimum absolute atomic E-state index is 0.0259.